The molecule has 2 aromatic carbocycles. The van der Waals surface area contributed by atoms with E-state index in [9.17, 15) is 9.90 Å². The molecule has 0 aliphatic carbocycles. The zero-order valence-electron chi connectivity index (χ0n) is 15.1. The van der Waals surface area contributed by atoms with Crippen molar-refractivity contribution in [2.45, 2.75) is 25.7 Å². The fourth-order valence-electron chi connectivity index (χ4n) is 3.74. The number of carboxylic acids is 1. The highest BCUT2D eigenvalue weighted by atomic mass is 16.4. The van der Waals surface area contributed by atoms with E-state index in [1.165, 1.54) is 16.7 Å². The smallest absolute Gasteiger partial charge is 0.308 e. The monoisotopic (exact) mass is 349 g/mol. The fourth-order valence-corrected chi connectivity index (χ4v) is 3.74. The summed E-state index contributed by atoms with van der Waals surface area (Å²) in [6, 6.07) is 19.0. The lowest BCUT2D eigenvalue weighted by Crippen LogP contribution is -2.40. The van der Waals surface area contributed by atoms with Crippen molar-refractivity contribution in [3.8, 4) is 0 Å². The molecule has 3 nitrogen and oxygen atoms in total. The molecule has 3 rings (SSSR count). The Balaban J connectivity index is 1.59. The molecule has 2 atom stereocenters. The maximum absolute atomic E-state index is 11.4. The van der Waals surface area contributed by atoms with E-state index in [0.29, 0.717) is 6.54 Å². The van der Waals surface area contributed by atoms with Crippen LogP contribution in [0, 0.1) is 11.8 Å². The molecule has 26 heavy (non-hydrogen) atoms. The van der Waals surface area contributed by atoms with Crippen LogP contribution in [0.25, 0.3) is 6.08 Å². The molecule has 0 saturated carbocycles. The number of allylic oxidation sites excluding steroid dienone is 1. The van der Waals surface area contributed by atoms with Gasteiger partial charge in [0.15, 0.2) is 0 Å². The first-order valence-electron chi connectivity index (χ1n) is 9.46. The quantitative estimate of drug-likeness (QED) is 0.780. The van der Waals surface area contributed by atoms with E-state index in [4.69, 9.17) is 0 Å². The average molecular weight is 349 g/mol. The molecule has 0 amide bonds. The van der Waals surface area contributed by atoms with Crippen LogP contribution in [0.5, 0.6) is 0 Å². The molecule has 0 radical (unpaired) electrons. The first-order valence-corrected chi connectivity index (χ1v) is 9.46. The molecule has 0 aromatic heterocycles. The Morgan fingerprint density at radius 3 is 2.69 bits per heavy atom. The molecule has 2 aromatic rings. The summed E-state index contributed by atoms with van der Waals surface area (Å²) < 4.78 is 0. The minimum absolute atomic E-state index is 0.248. The maximum atomic E-state index is 11.4. The number of benzene rings is 2. The van der Waals surface area contributed by atoms with Crippen LogP contribution >= 0.6 is 0 Å². The zero-order valence-corrected chi connectivity index (χ0v) is 15.1. The van der Waals surface area contributed by atoms with Gasteiger partial charge in [0.2, 0.25) is 0 Å². The Morgan fingerprint density at radius 2 is 1.88 bits per heavy atom. The van der Waals surface area contributed by atoms with Crippen molar-refractivity contribution in [2.75, 3.05) is 13.1 Å². The van der Waals surface area contributed by atoms with Crippen LogP contribution in [-0.2, 0) is 11.2 Å². The lowest BCUT2D eigenvalue weighted by Gasteiger charge is -2.28. The second-order valence-corrected chi connectivity index (χ2v) is 7.04. The summed E-state index contributed by atoms with van der Waals surface area (Å²) in [6.45, 7) is 1.53. The summed E-state index contributed by atoms with van der Waals surface area (Å²) in [6.07, 6.45) is 8.14. The Hall–Kier alpha value is -2.39. The third kappa shape index (κ3) is 5.06. The van der Waals surface area contributed by atoms with E-state index in [1.54, 1.807) is 0 Å². The topological polar surface area (TPSA) is 49.3 Å². The molecular weight excluding hydrogens is 322 g/mol. The van der Waals surface area contributed by atoms with Crippen molar-refractivity contribution in [3.63, 3.8) is 0 Å². The van der Waals surface area contributed by atoms with E-state index in [1.807, 2.05) is 6.07 Å². The number of aliphatic carboxylic acids is 1. The predicted molar refractivity (Wildman–Crippen MR) is 106 cm³/mol. The number of carbonyl (C=O) groups is 1. The number of carboxylic acid groups (broad SMARTS) is 1. The van der Waals surface area contributed by atoms with Crippen LogP contribution < -0.4 is 5.32 Å². The van der Waals surface area contributed by atoms with Crippen molar-refractivity contribution in [1.82, 2.24) is 5.32 Å². The SMILES string of the molecule is O=C(O)[C@H]1CNCC[C@H]1CC/C=C/c1ccccc1Cc1ccccc1. The Bertz CT molecular complexity index is 739. The standard InChI is InChI=1S/C23H27NO2/c25-23(26)22-17-24-15-14-20(22)12-6-4-10-19-11-5-7-13-21(19)16-18-8-2-1-3-9-18/h1-5,7-11,13,20,22,24H,6,12,14-17H2,(H,25,26)/b10-4+/t20-,22+/m1/s1. The van der Waals surface area contributed by atoms with Gasteiger partial charge in [-0.25, -0.2) is 0 Å². The molecule has 0 bridgehead atoms. The van der Waals surface area contributed by atoms with Crippen LogP contribution in [0.15, 0.2) is 60.7 Å². The number of piperidine rings is 1. The van der Waals surface area contributed by atoms with E-state index >= 15 is 0 Å². The number of nitrogens with one attached hydrogen (secondary N) is 1. The van der Waals surface area contributed by atoms with Gasteiger partial charge in [-0.15, -0.1) is 0 Å². The molecule has 0 unspecified atom stereocenters. The van der Waals surface area contributed by atoms with E-state index in [2.05, 4.69) is 66.0 Å². The molecule has 1 aliphatic heterocycles. The van der Waals surface area contributed by atoms with Crippen molar-refractivity contribution in [3.05, 3.63) is 77.4 Å². The van der Waals surface area contributed by atoms with Crippen LogP contribution in [-0.4, -0.2) is 24.2 Å². The van der Waals surface area contributed by atoms with Crippen molar-refractivity contribution in [1.29, 1.82) is 0 Å². The fraction of sp³-hybridized carbons (Fsp3) is 0.348. The van der Waals surface area contributed by atoms with Crippen LogP contribution in [0.2, 0.25) is 0 Å². The minimum atomic E-state index is -0.667. The summed E-state index contributed by atoms with van der Waals surface area (Å²) in [5, 5.41) is 12.6. The van der Waals surface area contributed by atoms with Crippen LogP contribution in [0.1, 0.15) is 36.0 Å². The summed E-state index contributed by atoms with van der Waals surface area (Å²) >= 11 is 0. The van der Waals surface area contributed by atoms with Gasteiger partial charge in [-0.05, 0) is 54.8 Å². The molecule has 1 aliphatic rings. The lowest BCUT2D eigenvalue weighted by molar-refractivity contribution is -0.144. The van der Waals surface area contributed by atoms with Crippen LogP contribution in [0.3, 0.4) is 0 Å². The number of rotatable bonds is 7. The van der Waals surface area contributed by atoms with Gasteiger partial charge < -0.3 is 10.4 Å². The Morgan fingerprint density at radius 1 is 1.12 bits per heavy atom. The van der Waals surface area contributed by atoms with E-state index in [-0.39, 0.29) is 11.8 Å². The number of hydrogen-bond donors (Lipinski definition) is 2. The highest BCUT2D eigenvalue weighted by Gasteiger charge is 2.29. The van der Waals surface area contributed by atoms with Gasteiger partial charge in [0, 0.05) is 6.54 Å². The maximum Gasteiger partial charge on any atom is 0.308 e. The second kappa shape index (κ2) is 9.35. The van der Waals surface area contributed by atoms with E-state index in [0.717, 1.165) is 32.2 Å². The van der Waals surface area contributed by atoms with Gasteiger partial charge in [0.05, 0.1) is 5.92 Å². The first kappa shape index (κ1) is 18.4. The van der Waals surface area contributed by atoms with Crippen molar-refractivity contribution in [2.24, 2.45) is 11.8 Å². The first-order chi connectivity index (χ1) is 12.7. The zero-order chi connectivity index (χ0) is 18.2. The largest absolute Gasteiger partial charge is 0.481 e. The summed E-state index contributed by atoms with van der Waals surface area (Å²) in [5.74, 6) is -0.639. The summed E-state index contributed by atoms with van der Waals surface area (Å²) in [7, 11) is 0. The molecular formula is C23H27NO2. The van der Waals surface area contributed by atoms with Gasteiger partial charge in [0.1, 0.15) is 0 Å². The molecule has 1 fully saturated rings. The molecule has 0 spiro atoms. The predicted octanol–water partition coefficient (Wildman–Crippen LogP) is 4.38. The Kier molecular flexibility index (Phi) is 6.62. The number of hydrogen-bond acceptors (Lipinski definition) is 2. The molecule has 3 heteroatoms. The van der Waals surface area contributed by atoms with Crippen LogP contribution in [0.4, 0.5) is 0 Å². The van der Waals surface area contributed by atoms with Gasteiger partial charge in [-0.2, -0.15) is 0 Å². The van der Waals surface area contributed by atoms with E-state index < -0.39 is 5.97 Å². The second-order valence-electron chi connectivity index (χ2n) is 7.04. The normalized spacial score (nSPS) is 20.3. The van der Waals surface area contributed by atoms with Gasteiger partial charge in [-0.3, -0.25) is 4.79 Å². The average Bonchev–Trinajstić information content (AvgIpc) is 2.67. The Labute approximate surface area is 155 Å². The highest BCUT2D eigenvalue weighted by molar-refractivity contribution is 5.70. The summed E-state index contributed by atoms with van der Waals surface area (Å²) in [4.78, 5) is 11.4. The molecule has 2 N–H and O–H groups in total. The third-order valence-electron chi connectivity index (χ3n) is 5.24. The van der Waals surface area contributed by atoms with Crippen molar-refractivity contribution >= 4 is 12.0 Å². The minimum Gasteiger partial charge on any atom is -0.481 e. The molecule has 136 valence electrons. The van der Waals surface area contributed by atoms with Gasteiger partial charge in [-0.1, -0.05) is 66.7 Å². The lowest BCUT2D eigenvalue weighted by atomic mass is 9.83. The summed E-state index contributed by atoms with van der Waals surface area (Å²) in [5.41, 5.74) is 3.88. The van der Waals surface area contributed by atoms with Crippen molar-refractivity contribution < 1.29 is 9.90 Å². The molecule has 1 heterocycles. The third-order valence-corrected chi connectivity index (χ3v) is 5.24. The highest BCUT2D eigenvalue weighted by Crippen LogP contribution is 2.25. The van der Waals surface area contributed by atoms with Gasteiger partial charge in [0.25, 0.3) is 0 Å². The molecule has 1 saturated heterocycles. The van der Waals surface area contributed by atoms with Gasteiger partial charge >= 0.3 is 5.97 Å².